The largest absolute Gasteiger partial charge is 0.390 e. The molecule has 1 heterocycles. The first-order valence-corrected chi connectivity index (χ1v) is 5.62. The predicted molar refractivity (Wildman–Crippen MR) is 58.4 cm³/mol. The van der Waals surface area contributed by atoms with Gasteiger partial charge in [0, 0.05) is 17.2 Å². The average Bonchev–Trinajstić information content (AvgIpc) is 2.17. The fourth-order valence-electron chi connectivity index (χ4n) is 1.24. The quantitative estimate of drug-likeness (QED) is 0.808. The number of aromatic nitrogens is 1. The third-order valence-electron chi connectivity index (χ3n) is 2.03. The van der Waals surface area contributed by atoms with Crippen molar-refractivity contribution in [2.45, 2.75) is 25.6 Å². The van der Waals surface area contributed by atoms with Crippen LogP contribution < -0.4 is 0 Å². The second kappa shape index (κ2) is 5.44. The summed E-state index contributed by atoms with van der Waals surface area (Å²) in [6.45, 7) is 1.85. The summed E-state index contributed by atoms with van der Waals surface area (Å²) in [4.78, 5) is 4.03. The number of hydrogen-bond acceptors (Lipinski definition) is 3. The zero-order valence-electron chi connectivity index (χ0n) is 8.02. The number of hydrogen-bond donors (Lipinski definition) is 2. The molecule has 0 aliphatic heterocycles. The third-order valence-corrected chi connectivity index (χ3v) is 2.49. The Kier molecular flexibility index (Phi) is 4.51. The van der Waals surface area contributed by atoms with Crippen LogP contribution in [0.15, 0.2) is 18.3 Å². The molecule has 2 unspecified atom stereocenters. The number of aliphatic hydroxyl groups excluding tert-OH is 2. The van der Waals surface area contributed by atoms with E-state index in [2.05, 4.69) is 20.9 Å². The van der Waals surface area contributed by atoms with Crippen LogP contribution in [0.1, 0.15) is 23.8 Å². The molecule has 0 aliphatic rings. The fourth-order valence-corrected chi connectivity index (χ4v) is 1.71. The molecule has 0 bridgehead atoms. The SMILES string of the molecule is Cc1cc(C(O)C(O)CCBr)ccn1. The summed E-state index contributed by atoms with van der Waals surface area (Å²) >= 11 is 3.22. The van der Waals surface area contributed by atoms with Gasteiger partial charge in [-0.1, -0.05) is 15.9 Å². The van der Waals surface area contributed by atoms with Crippen LogP contribution in [-0.2, 0) is 0 Å². The lowest BCUT2D eigenvalue weighted by Gasteiger charge is -2.17. The Hall–Kier alpha value is -0.450. The van der Waals surface area contributed by atoms with E-state index in [0.29, 0.717) is 17.3 Å². The van der Waals surface area contributed by atoms with Crippen LogP contribution in [-0.4, -0.2) is 26.6 Å². The molecule has 0 fully saturated rings. The minimum absolute atomic E-state index is 0.530. The molecule has 1 aromatic rings. The Morgan fingerprint density at radius 1 is 1.50 bits per heavy atom. The normalized spacial score (nSPS) is 15.1. The van der Waals surface area contributed by atoms with Gasteiger partial charge in [0.2, 0.25) is 0 Å². The van der Waals surface area contributed by atoms with Crippen LogP contribution in [0.25, 0.3) is 0 Å². The van der Waals surface area contributed by atoms with Gasteiger partial charge >= 0.3 is 0 Å². The van der Waals surface area contributed by atoms with Gasteiger partial charge in [0.1, 0.15) is 6.10 Å². The Morgan fingerprint density at radius 2 is 2.21 bits per heavy atom. The smallest absolute Gasteiger partial charge is 0.105 e. The first-order chi connectivity index (χ1) is 6.65. The van der Waals surface area contributed by atoms with Gasteiger partial charge in [-0.25, -0.2) is 0 Å². The maximum Gasteiger partial charge on any atom is 0.105 e. The molecule has 0 radical (unpaired) electrons. The van der Waals surface area contributed by atoms with Crippen molar-refractivity contribution in [1.29, 1.82) is 0 Å². The second-order valence-electron chi connectivity index (χ2n) is 3.22. The van der Waals surface area contributed by atoms with Crippen LogP contribution in [0.2, 0.25) is 0 Å². The van der Waals surface area contributed by atoms with Crippen molar-refractivity contribution in [3.05, 3.63) is 29.6 Å². The standard InChI is InChI=1S/C10H14BrNO2/c1-7-6-8(3-5-12-7)10(14)9(13)2-4-11/h3,5-6,9-10,13-14H,2,4H2,1H3. The number of halogens is 1. The summed E-state index contributed by atoms with van der Waals surface area (Å²) in [5.41, 5.74) is 1.55. The molecule has 0 spiro atoms. The minimum atomic E-state index is -0.825. The summed E-state index contributed by atoms with van der Waals surface area (Å²) in [5.74, 6) is 0. The number of rotatable bonds is 4. The van der Waals surface area contributed by atoms with Gasteiger partial charge in [0.15, 0.2) is 0 Å². The van der Waals surface area contributed by atoms with Gasteiger partial charge in [-0.2, -0.15) is 0 Å². The molecule has 0 saturated carbocycles. The first-order valence-electron chi connectivity index (χ1n) is 4.50. The highest BCUT2D eigenvalue weighted by molar-refractivity contribution is 9.09. The summed E-state index contributed by atoms with van der Waals surface area (Å²) in [5, 5.41) is 20.0. The van der Waals surface area contributed by atoms with Crippen molar-refractivity contribution in [3.8, 4) is 0 Å². The van der Waals surface area contributed by atoms with E-state index in [-0.39, 0.29) is 0 Å². The Balaban J connectivity index is 2.73. The molecule has 78 valence electrons. The molecule has 3 nitrogen and oxygen atoms in total. The molecule has 0 aromatic carbocycles. The van der Waals surface area contributed by atoms with Crippen molar-refractivity contribution in [1.82, 2.24) is 4.98 Å². The van der Waals surface area contributed by atoms with E-state index in [1.165, 1.54) is 0 Å². The summed E-state index contributed by atoms with van der Waals surface area (Å²) in [7, 11) is 0. The molecule has 0 amide bonds. The zero-order chi connectivity index (χ0) is 10.6. The van der Waals surface area contributed by atoms with E-state index in [4.69, 9.17) is 0 Å². The second-order valence-corrected chi connectivity index (χ2v) is 4.01. The number of alkyl halides is 1. The van der Waals surface area contributed by atoms with Crippen molar-refractivity contribution >= 4 is 15.9 Å². The molecule has 1 rings (SSSR count). The summed E-state index contributed by atoms with van der Waals surface area (Å²) in [6.07, 6.45) is 0.613. The van der Waals surface area contributed by atoms with Gasteiger partial charge in [-0.05, 0) is 31.0 Å². The van der Waals surface area contributed by atoms with Crippen LogP contribution in [0, 0.1) is 6.92 Å². The van der Waals surface area contributed by atoms with Gasteiger partial charge in [0.25, 0.3) is 0 Å². The van der Waals surface area contributed by atoms with E-state index in [1.54, 1.807) is 18.3 Å². The zero-order valence-corrected chi connectivity index (χ0v) is 9.61. The van der Waals surface area contributed by atoms with E-state index in [9.17, 15) is 10.2 Å². The van der Waals surface area contributed by atoms with Gasteiger partial charge < -0.3 is 10.2 Å². The molecule has 2 atom stereocenters. The minimum Gasteiger partial charge on any atom is -0.390 e. The van der Waals surface area contributed by atoms with Crippen molar-refractivity contribution in [2.24, 2.45) is 0 Å². The highest BCUT2D eigenvalue weighted by Gasteiger charge is 2.17. The van der Waals surface area contributed by atoms with Crippen molar-refractivity contribution < 1.29 is 10.2 Å². The molecule has 2 N–H and O–H groups in total. The highest BCUT2D eigenvalue weighted by Crippen LogP contribution is 2.19. The van der Waals surface area contributed by atoms with Gasteiger partial charge in [-0.15, -0.1) is 0 Å². The van der Waals surface area contributed by atoms with E-state index >= 15 is 0 Å². The maximum absolute atomic E-state index is 9.75. The monoisotopic (exact) mass is 259 g/mol. The van der Waals surface area contributed by atoms with E-state index < -0.39 is 12.2 Å². The number of aliphatic hydroxyl groups is 2. The molecule has 14 heavy (non-hydrogen) atoms. The molecule has 1 aromatic heterocycles. The number of pyridine rings is 1. The third kappa shape index (κ3) is 3.04. The Labute approximate surface area is 91.9 Å². The summed E-state index contributed by atoms with van der Waals surface area (Å²) in [6, 6.07) is 3.50. The first kappa shape index (κ1) is 11.6. The van der Waals surface area contributed by atoms with Crippen LogP contribution >= 0.6 is 15.9 Å². The average molecular weight is 260 g/mol. The molecular weight excluding hydrogens is 246 g/mol. The van der Waals surface area contributed by atoms with E-state index in [0.717, 1.165) is 5.69 Å². The highest BCUT2D eigenvalue weighted by atomic mass is 79.9. The lowest BCUT2D eigenvalue weighted by molar-refractivity contribution is 0.0173. The maximum atomic E-state index is 9.75. The van der Waals surface area contributed by atoms with E-state index in [1.807, 2.05) is 6.92 Å². The molecule has 4 heteroatoms. The molecule has 0 aliphatic carbocycles. The van der Waals surface area contributed by atoms with Crippen molar-refractivity contribution in [2.75, 3.05) is 5.33 Å². The number of aryl methyl sites for hydroxylation is 1. The fraction of sp³-hybridized carbons (Fsp3) is 0.500. The Morgan fingerprint density at radius 3 is 2.79 bits per heavy atom. The lowest BCUT2D eigenvalue weighted by Crippen LogP contribution is -2.18. The van der Waals surface area contributed by atoms with Crippen LogP contribution in [0.4, 0.5) is 0 Å². The summed E-state index contributed by atoms with van der Waals surface area (Å²) < 4.78 is 0. The number of nitrogens with zero attached hydrogens (tertiary/aromatic N) is 1. The molecule has 0 saturated heterocycles. The topological polar surface area (TPSA) is 53.4 Å². The Bertz CT molecular complexity index is 293. The van der Waals surface area contributed by atoms with Crippen molar-refractivity contribution in [3.63, 3.8) is 0 Å². The molecular formula is C10H14BrNO2. The predicted octanol–water partition coefficient (Wildman–Crippen LogP) is 1.57. The van der Waals surface area contributed by atoms with Gasteiger partial charge in [-0.3, -0.25) is 4.98 Å². The van der Waals surface area contributed by atoms with Gasteiger partial charge in [0.05, 0.1) is 6.10 Å². The lowest BCUT2D eigenvalue weighted by atomic mass is 10.0. The van der Waals surface area contributed by atoms with Crippen LogP contribution in [0.5, 0.6) is 0 Å². The van der Waals surface area contributed by atoms with Crippen LogP contribution in [0.3, 0.4) is 0 Å².